The molecule has 0 saturated carbocycles. The molecule has 8 nitrogen and oxygen atoms in total. The van der Waals surface area contributed by atoms with Crippen molar-refractivity contribution in [3.63, 3.8) is 0 Å². The Kier molecular flexibility index (Phi) is 6.92. The zero-order valence-corrected chi connectivity index (χ0v) is 14.6. The molecule has 0 radical (unpaired) electrons. The van der Waals surface area contributed by atoms with E-state index in [2.05, 4.69) is 10.5 Å². The molecule has 0 bridgehead atoms. The van der Waals surface area contributed by atoms with Gasteiger partial charge in [0.05, 0.1) is 31.4 Å². The first-order valence-electron chi connectivity index (χ1n) is 7.96. The minimum absolute atomic E-state index is 0.0629. The van der Waals surface area contributed by atoms with Gasteiger partial charge in [-0.25, -0.2) is 0 Å². The van der Waals surface area contributed by atoms with Crippen molar-refractivity contribution >= 4 is 11.9 Å². The van der Waals surface area contributed by atoms with E-state index in [9.17, 15) is 10.1 Å². The van der Waals surface area contributed by atoms with Crippen LogP contribution in [0.5, 0.6) is 11.5 Å². The van der Waals surface area contributed by atoms with Gasteiger partial charge in [0.1, 0.15) is 6.61 Å². The second-order valence-electron chi connectivity index (χ2n) is 5.50. The first kappa shape index (κ1) is 19.2. The molecule has 0 amide bonds. The highest BCUT2D eigenvalue weighted by atomic mass is 16.6. The van der Waals surface area contributed by atoms with Crippen LogP contribution in [0.1, 0.15) is 16.7 Å². The lowest BCUT2D eigenvalue weighted by atomic mass is 10.1. The Hall–Kier alpha value is -3.13. The van der Waals surface area contributed by atoms with Crippen LogP contribution in [0, 0.1) is 17.0 Å². The number of nitro groups is 1. The molecule has 0 aliphatic rings. The maximum atomic E-state index is 11.5. The van der Waals surface area contributed by atoms with Gasteiger partial charge in [-0.2, -0.15) is 5.10 Å². The van der Waals surface area contributed by atoms with E-state index in [1.807, 2.05) is 31.2 Å². The quantitative estimate of drug-likeness (QED) is 0.308. The lowest BCUT2D eigenvalue weighted by molar-refractivity contribution is -0.386. The molecule has 8 heteroatoms. The summed E-state index contributed by atoms with van der Waals surface area (Å²) < 4.78 is 11.0. The van der Waals surface area contributed by atoms with Gasteiger partial charge in [0.2, 0.25) is 5.75 Å². The third-order valence-corrected chi connectivity index (χ3v) is 3.47. The molecule has 0 fully saturated rings. The fraction of sp³-hybridized carbons (Fsp3) is 0.278. The minimum atomic E-state index is -0.521. The molecule has 0 atom stereocenters. The highest BCUT2D eigenvalue weighted by Crippen LogP contribution is 2.38. The summed E-state index contributed by atoms with van der Waals surface area (Å²) >= 11 is 0. The second kappa shape index (κ2) is 9.38. The largest absolute Gasteiger partial charge is 0.493 e. The number of methoxy groups -OCH3 is 1. The number of hydrogen-bond acceptors (Lipinski definition) is 7. The Morgan fingerprint density at radius 1 is 1.35 bits per heavy atom. The van der Waals surface area contributed by atoms with Gasteiger partial charge < -0.3 is 20.0 Å². The summed E-state index contributed by atoms with van der Waals surface area (Å²) in [5.74, 6) is 0.315. The molecule has 2 aromatic rings. The molecule has 2 aromatic carbocycles. The second-order valence-corrected chi connectivity index (χ2v) is 5.50. The topological polar surface area (TPSA) is 106 Å². The van der Waals surface area contributed by atoms with Gasteiger partial charge in [0.25, 0.3) is 0 Å². The molecule has 2 rings (SSSR count). The molecular formula is C18H21N3O5. The van der Waals surface area contributed by atoms with Crippen LogP contribution < -0.4 is 14.9 Å². The van der Waals surface area contributed by atoms with Gasteiger partial charge in [0.15, 0.2) is 5.75 Å². The number of nitrogens with zero attached hydrogens (tertiary/aromatic N) is 2. The third kappa shape index (κ3) is 5.18. The summed E-state index contributed by atoms with van der Waals surface area (Å²) in [6.07, 6.45) is 1.41. The monoisotopic (exact) mass is 359 g/mol. The summed E-state index contributed by atoms with van der Waals surface area (Å²) in [5.41, 5.74) is 4.86. The van der Waals surface area contributed by atoms with Gasteiger partial charge >= 0.3 is 5.69 Å². The number of nitrogens with one attached hydrogen (secondary N) is 1. The Balaban J connectivity index is 2.28. The number of ether oxygens (including phenoxy) is 2. The summed E-state index contributed by atoms with van der Waals surface area (Å²) in [4.78, 5) is 10.9. The summed E-state index contributed by atoms with van der Waals surface area (Å²) in [5, 5.41) is 24.1. The van der Waals surface area contributed by atoms with E-state index in [0.717, 1.165) is 11.1 Å². The van der Waals surface area contributed by atoms with E-state index in [1.54, 1.807) is 6.07 Å². The van der Waals surface area contributed by atoms with E-state index in [0.29, 0.717) is 5.56 Å². The third-order valence-electron chi connectivity index (χ3n) is 3.47. The number of rotatable bonds is 9. The fourth-order valence-corrected chi connectivity index (χ4v) is 2.31. The first-order valence-corrected chi connectivity index (χ1v) is 7.96. The van der Waals surface area contributed by atoms with Crippen molar-refractivity contribution in [1.29, 1.82) is 0 Å². The van der Waals surface area contributed by atoms with Crippen molar-refractivity contribution in [2.45, 2.75) is 13.5 Å². The van der Waals surface area contributed by atoms with Crippen molar-refractivity contribution in [2.75, 3.05) is 20.3 Å². The number of hydrogen-bond donors (Lipinski definition) is 2. The lowest BCUT2D eigenvalue weighted by Gasteiger charge is -2.12. The predicted molar refractivity (Wildman–Crippen MR) is 97.8 cm³/mol. The van der Waals surface area contributed by atoms with Crippen LogP contribution >= 0.6 is 0 Å². The smallest absolute Gasteiger partial charge is 0.315 e. The molecule has 0 spiro atoms. The molecule has 0 saturated heterocycles. The van der Waals surface area contributed by atoms with E-state index in [1.165, 1.54) is 19.4 Å². The van der Waals surface area contributed by atoms with E-state index < -0.39 is 4.92 Å². The zero-order valence-electron chi connectivity index (χ0n) is 14.6. The standard InChI is InChI=1S/C18H21N3O5/c1-13-4-3-5-14(8-13)12-26-18-16(21(23)24)9-15(10-17(18)25-2)11-20-19-6-7-22/h3-5,8-11,19,22H,6-7,12H2,1-2H3/b20-11+. The zero-order chi connectivity index (χ0) is 18.9. The SMILES string of the molecule is COc1cc(/C=N/NCCO)cc([N+](=O)[O-])c1OCc1cccc(C)c1. The van der Waals surface area contributed by atoms with E-state index >= 15 is 0 Å². The Bertz CT molecular complexity index is 792. The number of aryl methyl sites for hydroxylation is 1. The molecule has 138 valence electrons. The summed E-state index contributed by atoms with van der Waals surface area (Å²) in [6.45, 7) is 2.37. The van der Waals surface area contributed by atoms with Gasteiger partial charge in [-0.05, 0) is 18.6 Å². The average Bonchev–Trinajstić information content (AvgIpc) is 2.63. The van der Waals surface area contributed by atoms with Crippen LogP contribution in [0.2, 0.25) is 0 Å². The van der Waals surface area contributed by atoms with Crippen molar-refractivity contribution in [3.05, 3.63) is 63.2 Å². The number of aliphatic hydroxyl groups excluding tert-OH is 1. The normalized spacial score (nSPS) is 10.7. The summed E-state index contributed by atoms with van der Waals surface area (Å²) in [7, 11) is 1.42. The van der Waals surface area contributed by atoms with Crippen molar-refractivity contribution < 1.29 is 19.5 Å². The Labute approximate surface area is 151 Å². The van der Waals surface area contributed by atoms with Gasteiger partial charge in [0, 0.05) is 11.6 Å². The van der Waals surface area contributed by atoms with Crippen LogP contribution in [0.15, 0.2) is 41.5 Å². The molecule has 0 aromatic heterocycles. The van der Waals surface area contributed by atoms with Crippen LogP contribution in [0.25, 0.3) is 0 Å². The Morgan fingerprint density at radius 2 is 2.15 bits per heavy atom. The molecular weight excluding hydrogens is 338 g/mol. The van der Waals surface area contributed by atoms with Crippen LogP contribution in [0.3, 0.4) is 0 Å². The average molecular weight is 359 g/mol. The number of benzene rings is 2. The fourth-order valence-electron chi connectivity index (χ4n) is 2.31. The lowest BCUT2D eigenvalue weighted by Crippen LogP contribution is -2.11. The predicted octanol–water partition coefficient (Wildman–Crippen LogP) is 2.41. The number of aliphatic hydroxyl groups is 1. The first-order chi connectivity index (χ1) is 12.5. The van der Waals surface area contributed by atoms with E-state index in [4.69, 9.17) is 14.6 Å². The highest BCUT2D eigenvalue weighted by Gasteiger charge is 2.22. The van der Waals surface area contributed by atoms with Gasteiger partial charge in [-0.3, -0.25) is 10.1 Å². The van der Waals surface area contributed by atoms with Crippen molar-refractivity contribution in [1.82, 2.24) is 5.43 Å². The molecule has 26 heavy (non-hydrogen) atoms. The number of nitro benzene ring substituents is 1. The van der Waals surface area contributed by atoms with Crippen LogP contribution in [-0.2, 0) is 6.61 Å². The maximum Gasteiger partial charge on any atom is 0.315 e. The van der Waals surface area contributed by atoms with Crippen molar-refractivity contribution in [3.8, 4) is 11.5 Å². The highest BCUT2D eigenvalue weighted by molar-refractivity contribution is 5.83. The molecule has 0 aliphatic carbocycles. The number of hydrazone groups is 1. The van der Waals surface area contributed by atoms with Crippen LogP contribution in [-0.4, -0.2) is 36.5 Å². The molecule has 0 unspecified atom stereocenters. The maximum absolute atomic E-state index is 11.5. The van der Waals surface area contributed by atoms with Crippen molar-refractivity contribution in [2.24, 2.45) is 5.10 Å². The molecule has 0 heterocycles. The molecule has 0 aliphatic heterocycles. The van der Waals surface area contributed by atoms with E-state index in [-0.39, 0.29) is 36.9 Å². The van der Waals surface area contributed by atoms with Gasteiger partial charge in [-0.1, -0.05) is 29.8 Å². The Morgan fingerprint density at radius 3 is 2.81 bits per heavy atom. The summed E-state index contributed by atoms with van der Waals surface area (Å²) in [6, 6.07) is 10.7. The van der Waals surface area contributed by atoms with Gasteiger partial charge in [-0.15, -0.1) is 0 Å². The molecule has 2 N–H and O–H groups in total. The minimum Gasteiger partial charge on any atom is -0.493 e. The van der Waals surface area contributed by atoms with Crippen LogP contribution in [0.4, 0.5) is 5.69 Å².